The molecule has 29 heavy (non-hydrogen) atoms. The monoisotopic (exact) mass is 481 g/mol. The Labute approximate surface area is 185 Å². The number of anilines is 1. The van der Waals surface area contributed by atoms with Gasteiger partial charge in [0.15, 0.2) is 0 Å². The van der Waals surface area contributed by atoms with Crippen molar-refractivity contribution in [1.82, 2.24) is 0 Å². The largest absolute Gasteiger partial charge is 0.481 e. The molecule has 0 heterocycles. The van der Waals surface area contributed by atoms with Crippen molar-refractivity contribution in [2.24, 2.45) is 5.92 Å². The van der Waals surface area contributed by atoms with Crippen LogP contribution in [0.1, 0.15) is 43.7 Å². The van der Waals surface area contributed by atoms with E-state index < -0.39 is 5.97 Å². The summed E-state index contributed by atoms with van der Waals surface area (Å²) < 4.78 is 14.8. The Hall–Kier alpha value is -1.85. The molecular formula is C23H26BrClFNO2. The van der Waals surface area contributed by atoms with Crippen molar-refractivity contribution in [2.75, 3.05) is 11.9 Å². The Morgan fingerprint density at radius 1 is 1.31 bits per heavy atom. The van der Waals surface area contributed by atoms with E-state index in [1.165, 1.54) is 12.1 Å². The molecule has 2 rings (SSSR count). The van der Waals surface area contributed by atoms with Gasteiger partial charge in [0.25, 0.3) is 0 Å². The maximum absolute atomic E-state index is 14.1. The van der Waals surface area contributed by atoms with Crippen LogP contribution < -0.4 is 4.90 Å². The molecule has 0 aliphatic heterocycles. The van der Waals surface area contributed by atoms with Gasteiger partial charge in [0.1, 0.15) is 5.82 Å². The smallest absolute Gasteiger partial charge is 0.303 e. The van der Waals surface area contributed by atoms with Crippen LogP contribution in [0.4, 0.5) is 10.1 Å². The molecular weight excluding hydrogens is 457 g/mol. The number of aliphatic carboxylic acids is 1. The average Bonchev–Trinajstić information content (AvgIpc) is 2.62. The molecule has 0 aliphatic carbocycles. The van der Waals surface area contributed by atoms with E-state index in [1.54, 1.807) is 0 Å². The van der Waals surface area contributed by atoms with Gasteiger partial charge in [0.05, 0.1) is 5.69 Å². The van der Waals surface area contributed by atoms with Crippen LogP contribution in [0, 0.1) is 11.7 Å². The van der Waals surface area contributed by atoms with E-state index in [0.717, 1.165) is 35.2 Å². The van der Waals surface area contributed by atoms with E-state index in [0.29, 0.717) is 22.5 Å². The summed E-state index contributed by atoms with van der Waals surface area (Å²) in [5.41, 5.74) is 3.57. The maximum Gasteiger partial charge on any atom is 0.303 e. The number of carboxylic acid groups (broad SMARTS) is 1. The van der Waals surface area contributed by atoms with Gasteiger partial charge in [-0.2, -0.15) is 0 Å². The lowest BCUT2D eigenvalue weighted by atomic mass is 9.95. The molecule has 0 aromatic heterocycles. The van der Waals surface area contributed by atoms with Crippen LogP contribution in [-0.2, 0) is 11.3 Å². The molecule has 2 aromatic carbocycles. The highest BCUT2D eigenvalue weighted by atomic mass is 79.9. The van der Waals surface area contributed by atoms with E-state index in [2.05, 4.69) is 27.4 Å². The summed E-state index contributed by atoms with van der Waals surface area (Å²) in [5, 5.41) is 9.57. The van der Waals surface area contributed by atoms with Gasteiger partial charge in [0.2, 0.25) is 0 Å². The lowest BCUT2D eigenvalue weighted by molar-refractivity contribution is -0.138. The number of carboxylic acids is 1. The van der Waals surface area contributed by atoms with Crippen LogP contribution in [0.25, 0.3) is 5.57 Å². The minimum atomic E-state index is -0.781. The fourth-order valence-electron chi connectivity index (χ4n) is 3.36. The second-order valence-corrected chi connectivity index (χ2v) is 8.76. The summed E-state index contributed by atoms with van der Waals surface area (Å²) >= 11 is 9.47. The SMILES string of the molecule is C=C(CCCC(C)CC(=O)O)c1cc(F)cc(Br)c1N(C)Cc1ccc(Cl)cc1. The molecule has 0 radical (unpaired) electrons. The molecule has 1 unspecified atom stereocenters. The Kier molecular flexibility index (Phi) is 8.72. The van der Waals surface area contributed by atoms with E-state index >= 15 is 0 Å². The van der Waals surface area contributed by atoms with Crippen molar-refractivity contribution in [1.29, 1.82) is 0 Å². The second kappa shape index (κ2) is 10.8. The van der Waals surface area contributed by atoms with Crippen LogP contribution >= 0.6 is 27.5 Å². The molecule has 0 bridgehead atoms. The maximum atomic E-state index is 14.1. The van der Waals surface area contributed by atoms with Crippen LogP contribution in [0.5, 0.6) is 0 Å². The number of carbonyl (C=O) groups is 1. The van der Waals surface area contributed by atoms with Crippen molar-refractivity contribution >= 4 is 44.8 Å². The van der Waals surface area contributed by atoms with Crippen molar-refractivity contribution in [3.05, 3.63) is 69.4 Å². The molecule has 0 fully saturated rings. The standard InChI is InChI=1S/C23H26BrClFNO2/c1-15(11-22(28)29)5-4-6-16(2)20-12-19(26)13-21(24)23(20)27(3)14-17-7-9-18(25)10-8-17/h7-10,12-13,15H,2,4-6,11,14H2,1,3H3,(H,28,29). The van der Waals surface area contributed by atoms with Gasteiger partial charge < -0.3 is 10.0 Å². The van der Waals surface area contributed by atoms with Crippen molar-refractivity contribution in [2.45, 2.75) is 39.2 Å². The van der Waals surface area contributed by atoms with Crippen molar-refractivity contribution in [3.8, 4) is 0 Å². The number of hydrogen-bond acceptors (Lipinski definition) is 2. The van der Waals surface area contributed by atoms with Gasteiger partial charge in [-0.25, -0.2) is 4.39 Å². The predicted octanol–water partition coefficient (Wildman–Crippen LogP) is 7.17. The van der Waals surface area contributed by atoms with Crippen LogP contribution in [0.15, 0.2) is 47.4 Å². The molecule has 0 spiro atoms. The Bertz CT molecular complexity index is 870. The summed E-state index contributed by atoms with van der Waals surface area (Å²) in [6.45, 7) is 6.75. The summed E-state index contributed by atoms with van der Waals surface area (Å²) in [6.07, 6.45) is 2.44. The fourth-order valence-corrected chi connectivity index (χ4v) is 4.23. The molecule has 1 N–H and O–H groups in total. The Morgan fingerprint density at radius 3 is 2.59 bits per heavy atom. The summed E-state index contributed by atoms with van der Waals surface area (Å²) in [4.78, 5) is 12.9. The topological polar surface area (TPSA) is 40.5 Å². The quantitative estimate of drug-likeness (QED) is 0.390. The zero-order valence-corrected chi connectivity index (χ0v) is 19.1. The molecule has 156 valence electrons. The summed E-state index contributed by atoms with van der Waals surface area (Å²) in [5.74, 6) is -1.00. The molecule has 1 atom stereocenters. The molecule has 0 saturated carbocycles. The molecule has 6 heteroatoms. The first-order chi connectivity index (χ1) is 13.7. The van der Waals surface area contributed by atoms with E-state index in [1.807, 2.05) is 38.2 Å². The van der Waals surface area contributed by atoms with E-state index in [4.69, 9.17) is 16.7 Å². The molecule has 0 aliphatic rings. The highest BCUT2D eigenvalue weighted by molar-refractivity contribution is 9.10. The van der Waals surface area contributed by atoms with Gasteiger partial charge in [-0.05, 0) is 76.5 Å². The molecule has 2 aromatic rings. The Balaban J connectivity index is 2.15. The minimum absolute atomic E-state index is 0.103. The third-order valence-electron chi connectivity index (χ3n) is 4.82. The lowest BCUT2D eigenvalue weighted by Crippen LogP contribution is -2.18. The number of nitrogens with zero attached hydrogens (tertiary/aromatic N) is 1. The van der Waals surface area contributed by atoms with Crippen molar-refractivity contribution < 1.29 is 14.3 Å². The zero-order chi connectivity index (χ0) is 21.6. The minimum Gasteiger partial charge on any atom is -0.481 e. The number of halogens is 3. The highest BCUT2D eigenvalue weighted by Crippen LogP contribution is 2.37. The van der Waals surface area contributed by atoms with Gasteiger partial charge in [-0.15, -0.1) is 0 Å². The first-order valence-corrected chi connectivity index (χ1v) is 10.7. The fraction of sp³-hybridized carbons (Fsp3) is 0.348. The zero-order valence-electron chi connectivity index (χ0n) is 16.7. The number of hydrogen-bond donors (Lipinski definition) is 1. The van der Waals surface area contributed by atoms with Gasteiger partial charge in [0, 0.05) is 35.1 Å². The molecule has 0 saturated heterocycles. The number of benzene rings is 2. The van der Waals surface area contributed by atoms with Gasteiger partial charge >= 0.3 is 5.97 Å². The van der Waals surface area contributed by atoms with E-state index in [9.17, 15) is 9.18 Å². The lowest BCUT2D eigenvalue weighted by Gasteiger charge is -2.25. The first-order valence-electron chi connectivity index (χ1n) is 9.52. The summed E-state index contributed by atoms with van der Waals surface area (Å²) in [6, 6.07) is 10.6. The van der Waals surface area contributed by atoms with Crippen LogP contribution in [0.2, 0.25) is 5.02 Å². The van der Waals surface area contributed by atoms with Gasteiger partial charge in [-0.1, -0.05) is 37.2 Å². The first kappa shape index (κ1) is 23.4. The highest BCUT2D eigenvalue weighted by Gasteiger charge is 2.17. The number of rotatable bonds is 10. The average molecular weight is 483 g/mol. The summed E-state index contributed by atoms with van der Waals surface area (Å²) in [7, 11) is 1.96. The van der Waals surface area contributed by atoms with Crippen molar-refractivity contribution in [3.63, 3.8) is 0 Å². The van der Waals surface area contributed by atoms with Gasteiger partial charge in [-0.3, -0.25) is 4.79 Å². The molecule has 0 amide bonds. The second-order valence-electron chi connectivity index (χ2n) is 7.47. The normalized spacial score (nSPS) is 11.9. The Morgan fingerprint density at radius 2 is 1.97 bits per heavy atom. The number of allylic oxidation sites excluding steroid dienone is 1. The van der Waals surface area contributed by atoms with Crippen LogP contribution in [0.3, 0.4) is 0 Å². The predicted molar refractivity (Wildman–Crippen MR) is 122 cm³/mol. The van der Waals surface area contributed by atoms with Crippen LogP contribution in [-0.4, -0.2) is 18.1 Å². The molecule has 3 nitrogen and oxygen atoms in total. The van der Waals surface area contributed by atoms with E-state index in [-0.39, 0.29) is 18.2 Å². The third kappa shape index (κ3) is 7.16. The third-order valence-corrected chi connectivity index (χ3v) is 5.68.